The average Bonchev–Trinajstić information content (AvgIpc) is 3.01. The van der Waals surface area contributed by atoms with Crippen LogP contribution in [0.5, 0.6) is 0 Å². The summed E-state index contributed by atoms with van der Waals surface area (Å²) in [6.45, 7) is 0. The first-order valence-electron chi connectivity index (χ1n) is 13.1. The predicted octanol–water partition coefficient (Wildman–Crippen LogP) is 10.4. The molecular formula is C36H29N3. The Morgan fingerprint density at radius 2 is 0.538 bits per heavy atom. The lowest BCUT2D eigenvalue weighted by Crippen LogP contribution is -2.13. The third-order valence-corrected chi connectivity index (χ3v) is 6.62. The van der Waals surface area contributed by atoms with E-state index in [0.717, 1.165) is 45.5 Å². The molecule has 0 aliphatic rings. The van der Waals surface area contributed by atoms with E-state index in [2.05, 4.69) is 185 Å². The number of rotatable bonds is 8. The molecule has 0 bridgehead atoms. The fourth-order valence-corrected chi connectivity index (χ4v) is 4.86. The monoisotopic (exact) mass is 503 g/mol. The lowest BCUT2D eigenvalue weighted by atomic mass is 10.1. The van der Waals surface area contributed by atoms with Gasteiger partial charge in [-0.3, -0.25) is 0 Å². The minimum atomic E-state index is 1.01. The van der Waals surface area contributed by atoms with Crippen molar-refractivity contribution in [3.63, 3.8) is 0 Å². The number of benzene rings is 6. The molecule has 3 nitrogen and oxygen atoms in total. The molecule has 188 valence electrons. The molecule has 6 aromatic carbocycles. The van der Waals surface area contributed by atoms with Crippen molar-refractivity contribution < 1.29 is 0 Å². The largest absolute Gasteiger partial charge is 0.352 e. The van der Waals surface area contributed by atoms with Gasteiger partial charge in [0.25, 0.3) is 0 Å². The fraction of sp³-hybridized carbons (Fsp3) is 0. The Hall–Kier alpha value is -5.28. The maximum absolute atomic E-state index is 3.80. The highest BCUT2D eigenvalue weighted by Crippen LogP contribution is 2.43. The lowest BCUT2D eigenvalue weighted by Gasteiger charge is -2.30. The van der Waals surface area contributed by atoms with Crippen molar-refractivity contribution >= 4 is 45.5 Å². The zero-order valence-corrected chi connectivity index (χ0v) is 21.6. The molecule has 0 unspecified atom stereocenters. The Labute approximate surface area is 230 Å². The van der Waals surface area contributed by atoms with E-state index in [1.54, 1.807) is 0 Å². The lowest BCUT2D eigenvalue weighted by molar-refractivity contribution is 1.27. The summed E-state index contributed by atoms with van der Waals surface area (Å²) in [4.78, 5) is 4.58. The van der Waals surface area contributed by atoms with Crippen molar-refractivity contribution in [2.24, 2.45) is 0 Å². The van der Waals surface area contributed by atoms with Crippen LogP contribution in [0.1, 0.15) is 0 Å². The highest BCUT2D eigenvalue weighted by Gasteiger charge is 2.19. The summed E-state index contributed by atoms with van der Waals surface area (Å²) < 4.78 is 0. The van der Waals surface area contributed by atoms with Crippen molar-refractivity contribution in [2.45, 2.75) is 0 Å². The van der Waals surface area contributed by atoms with Gasteiger partial charge in [0.15, 0.2) is 0 Å². The molecule has 0 aliphatic carbocycles. The SMILES string of the molecule is c1ccc(N(c2ccccc2)c2ccccc2Nc2ccccc2N(c2ccccc2)c2ccccc2)cc1. The van der Waals surface area contributed by atoms with E-state index < -0.39 is 0 Å². The standard InChI is InChI=1S/C36H29N3/c1-5-17-29(18-6-1)38(30-19-7-2-8-20-30)35-27-15-13-25-33(35)37-34-26-14-16-28-36(34)39(31-21-9-3-10-22-31)32-23-11-4-12-24-32/h1-28,37H. The van der Waals surface area contributed by atoms with E-state index in [4.69, 9.17) is 0 Å². The van der Waals surface area contributed by atoms with Gasteiger partial charge in [0.1, 0.15) is 0 Å². The summed E-state index contributed by atoms with van der Waals surface area (Å²) in [6.07, 6.45) is 0. The Balaban J connectivity index is 1.46. The second-order valence-corrected chi connectivity index (χ2v) is 9.17. The molecule has 6 rings (SSSR count). The van der Waals surface area contributed by atoms with Crippen LogP contribution in [0.4, 0.5) is 45.5 Å². The van der Waals surface area contributed by atoms with Crippen molar-refractivity contribution in [1.29, 1.82) is 0 Å². The quantitative estimate of drug-likeness (QED) is 0.223. The Bertz CT molecular complexity index is 1410. The van der Waals surface area contributed by atoms with E-state index in [0.29, 0.717) is 0 Å². The van der Waals surface area contributed by atoms with Gasteiger partial charge in [-0.05, 0) is 72.8 Å². The second-order valence-electron chi connectivity index (χ2n) is 9.17. The zero-order valence-electron chi connectivity index (χ0n) is 21.6. The zero-order chi connectivity index (χ0) is 26.3. The highest BCUT2D eigenvalue weighted by atomic mass is 15.2. The summed E-state index contributed by atoms with van der Waals surface area (Å²) in [5, 5.41) is 3.80. The first kappa shape index (κ1) is 24.1. The highest BCUT2D eigenvalue weighted by molar-refractivity contribution is 5.91. The molecular weight excluding hydrogens is 474 g/mol. The summed E-state index contributed by atoms with van der Waals surface area (Å²) in [6, 6.07) is 58.9. The van der Waals surface area contributed by atoms with Crippen molar-refractivity contribution in [1.82, 2.24) is 0 Å². The molecule has 0 spiro atoms. The summed E-state index contributed by atoms with van der Waals surface area (Å²) >= 11 is 0. The van der Waals surface area contributed by atoms with E-state index in [-0.39, 0.29) is 0 Å². The van der Waals surface area contributed by atoms with Gasteiger partial charge in [-0.1, -0.05) is 97.1 Å². The van der Waals surface area contributed by atoms with Crippen molar-refractivity contribution in [2.75, 3.05) is 15.1 Å². The number of nitrogens with one attached hydrogen (secondary N) is 1. The van der Waals surface area contributed by atoms with Crippen LogP contribution in [0, 0.1) is 0 Å². The van der Waals surface area contributed by atoms with Gasteiger partial charge in [0.05, 0.1) is 22.7 Å². The summed E-state index contributed by atoms with van der Waals surface area (Å²) in [5.41, 5.74) is 8.55. The van der Waals surface area contributed by atoms with Crippen LogP contribution in [0.25, 0.3) is 0 Å². The molecule has 0 atom stereocenters. The normalized spacial score (nSPS) is 10.6. The molecule has 39 heavy (non-hydrogen) atoms. The third-order valence-electron chi connectivity index (χ3n) is 6.62. The second kappa shape index (κ2) is 11.4. The molecule has 0 fully saturated rings. The number of hydrogen-bond donors (Lipinski definition) is 1. The molecule has 3 heteroatoms. The van der Waals surface area contributed by atoms with Gasteiger partial charge in [-0.15, -0.1) is 0 Å². The average molecular weight is 504 g/mol. The van der Waals surface area contributed by atoms with Gasteiger partial charge >= 0.3 is 0 Å². The molecule has 6 aromatic rings. The molecule has 0 radical (unpaired) electrons. The van der Waals surface area contributed by atoms with Gasteiger partial charge in [0, 0.05) is 22.7 Å². The van der Waals surface area contributed by atoms with Gasteiger partial charge in [-0.2, -0.15) is 0 Å². The van der Waals surface area contributed by atoms with Gasteiger partial charge in [-0.25, -0.2) is 0 Å². The van der Waals surface area contributed by atoms with Crippen molar-refractivity contribution in [3.8, 4) is 0 Å². The molecule has 0 aliphatic heterocycles. The summed E-state index contributed by atoms with van der Waals surface area (Å²) in [7, 11) is 0. The van der Waals surface area contributed by atoms with E-state index in [1.165, 1.54) is 0 Å². The maximum atomic E-state index is 3.80. The Morgan fingerprint density at radius 3 is 0.846 bits per heavy atom. The minimum Gasteiger partial charge on any atom is -0.352 e. The van der Waals surface area contributed by atoms with Crippen LogP contribution in [-0.2, 0) is 0 Å². The summed E-state index contributed by atoms with van der Waals surface area (Å²) in [5.74, 6) is 0. The Morgan fingerprint density at radius 1 is 0.282 bits per heavy atom. The first-order chi connectivity index (χ1) is 19.4. The predicted molar refractivity (Wildman–Crippen MR) is 166 cm³/mol. The van der Waals surface area contributed by atoms with Gasteiger partial charge < -0.3 is 15.1 Å². The molecule has 0 saturated heterocycles. The van der Waals surface area contributed by atoms with Crippen molar-refractivity contribution in [3.05, 3.63) is 170 Å². The van der Waals surface area contributed by atoms with Gasteiger partial charge in [0.2, 0.25) is 0 Å². The van der Waals surface area contributed by atoms with Crippen LogP contribution >= 0.6 is 0 Å². The molecule has 0 aromatic heterocycles. The van der Waals surface area contributed by atoms with E-state index in [1.807, 2.05) is 0 Å². The fourth-order valence-electron chi connectivity index (χ4n) is 4.86. The van der Waals surface area contributed by atoms with Crippen LogP contribution < -0.4 is 15.1 Å². The topological polar surface area (TPSA) is 18.5 Å². The van der Waals surface area contributed by atoms with Crippen LogP contribution in [0.2, 0.25) is 0 Å². The third kappa shape index (κ3) is 5.25. The molecule has 0 amide bonds. The van der Waals surface area contributed by atoms with E-state index >= 15 is 0 Å². The first-order valence-corrected chi connectivity index (χ1v) is 13.1. The maximum Gasteiger partial charge on any atom is 0.0696 e. The van der Waals surface area contributed by atoms with E-state index in [9.17, 15) is 0 Å². The molecule has 0 saturated carbocycles. The molecule has 0 heterocycles. The number of anilines is 8. The number of para-hydroxylation sites is 8. The van der Waals surface area contributed by atoms with Crippen LogP contribution in [0.3, 0.4) is 0 Å². The van der Waals surface area contributed by atoms with Crippen LogP contribution in [-0.4, -0.2) is 0 Å². The number of nitrogens with zero attached hydrogens (tertiary/aromatic N) is 2. The van der Waals surface area contributed by atoms with Crippen LogP contribution in [0.15, 0.2) is 170 Å². The minimum absolute atomic E-state index is 1.01. The number of hydrogen-bond acceptors (Lipinski definition) is 3. The Kier molecular flexibility index (Phi) is 7.04. The smallest absolute Gasteiger partial charge is 0.0696 e. The molecule has 1 N–H and O–H groups in total.